The van der Waals surface area contributed by atoms with Gasteiger partial charge in [-0.15, -0.1) is 0 Å². The average molecular weight is 504 g/mol. The van der Waals surface area contributed by atoms with Crippen molar-refractivity contribution in [3.8, 4) is 0 Å². The summed E-state index contributed by atoms with van der Waals surface area (Å²) in [5.41, 5.74) is 2.55. The first kappa shape index (κ1) is 24.5. The minimum Gasteiger partial charge on any atom is -0.632 e. The molecule has 1 N–H and O–H groups in total. The maximum atomic E-state index is 14.1. The molecular weight excluding hydrogens is 470 g/mol. The van der Waals surface area contributed by atoms with Gasteiger partial charge < -0.3 is 23.9 Å². The second-order valence-electron chi connectivity index (χ2n) is 9.89. The molecule has 1 unspecified atom stereocenters. The Balaban J connectivity index is 1.70. The summed E-state index contributed by atoms with van der Waals surface area (Å²) in [6, 6.07) is 4.67. The molecule has 1 aromatic carbocycles. The van der Waals surface area contributed by atoms with E-state index in [0.717, 1.165) is 41.4 Å². The van der Waals surface area contributed by atoms with Crippen LogP contribution in [0.25, 0.3) is 16.6 Å². The van der Waals surface area contributed by atoms with E-state index in [2.05, 4.69) is 11.6 Å². The number of ether oxygens (including phenoxy) is 2. The van der Waals surface area contributed by atoms with Crippen LogP contribution < -0.4 is 4.72 Å². The lowest BCUT2D eigenvalue weighted by atomic mass is 9.66. The molecule has 10 heteroatoms. The van der Waals surface area contributed by atoms with E-state index in [4.69, 9.17) is 9.47 Å². The summed E-state index contributed by atoms with van der Waals surface area (Å²) in [6.07, 6.45) is 5.47. The number of carbonyl (C=O) groups is 1. The van der Waals surface area contributed by atoms with Crippen LogP contribution in [-0.4, -0.2) is 64.1 Å². The Hall–Kier alpha value is -2.24. The molecule has 3 aliphatic heterocycles. The van der Waals surface area contributed by atoms with E-state index in [0.29, 0.717) is 38.2 Å². The highest BCUT2D eigenvalue weighted by Crippen LogP contribution is 2.59. The number of fused-ring (bicyclic) bond motifs is 3. The summed E-state index contributed by atoms with van der Waals surface area (Å²) < 4.78 is 40.3. The van der Waals surface area contributed by atoms with Gasteiger partial charge in [0, 0.05) is 37.5 Å². The van der Waals surface area contributed by atoms with Gasteiger partial charge >= 0.3 is 5.97 Å². The molecule has 5 rings (SSSR count). The van der Waals surface area contributed by atoms with Gasteiger partial charge in [-0.2, -0.15) is 0 Å². The lowest BCUT2D eigenvalue weighted by molar-refractivity contribution is -0.927. The van der Waals surface area contributed by atoms with E-state index in [9.17, 15) is 18.4 Å². The number of piperidine rings is 1. The summed E-state index contributed by atoms with van der Waals surface area (Å²) in [4.78, 5) is 13.2. The molecule has 190 valence electrons. The summed E-state index contributed by atoms with van der Waals surface area (Å²) in [5, 5.41) is 14.9. The smallest absolute Gasteiger partial charge is 0.354 e. The maximum absolute atomic E-state index is 14.1. The molecule has 9 nitrogen and oxygen atoms in total. The molecule has 0 saturated carbocycles. The van der Waals surface area contributed by atoms with Gasteiger partial charge in [-0.3, -0.25) is 0 Å². The number of nitrogens with one attached hydrogen (secondary N) is 1. The molecule has 0 amide bonds. The Morgan fingerprint density at radius 1 is 1.31 bits per heavy atom. The van der Waals surface area contributed by atoms with E-state index in [1.165, 1.54) is 7.11 Å². The Morgan fingerprint density at radius 2 is 2.11 bits per heavy atom. The van der Waals surface area contributed by atoms with Gasteiger partial charge in [0.25, 0.3) is 0 Å². The SMILES string of the molecule is CC[C@@]12C=C(C(=O)OC)n3c4c(c5cc(S(=O)(=O)NCCCOC)ccc53)CC[N+]([O-])(CCC1)[C@H]42. The van der Waals surface area contributed by atoms with Crippen LogP contribution in [0.4, 0.5) is 0 Å². The molecule has 1 aromatic heterocycles. The van der Waals surface area contributed by atoms with Crippen LogP contribution >= 0.6 is 0 Å². The molecule has 0 spiro atoms. The molecule has 35 heavy (non-hydrogen) atoms. The maximum Gasteiger partial charge on any atom is 0.354 e. The second kappa shape index (κ2) is 8.70. The first-order valence-corrected chi connectivity index (χ1v) is 13.7. The molecule has 4 heterocycles. The fourth-order valence-corrected chi connectivity index (χ4v) is 7.60. The van der Waals surface area contributed by atoms with Gasteiger partial charge in [0.05, 0.1) is 36.3 Å². The zero-order chi connectivity index (χ0) is 25.0. The summed E-state index contributed by atoms with van der Waals surface area (Å²) in [6.45, 7) is 3.83. The third-order valence-electron chi connectivity index (χ3n) is 8.12. The Morgan fingerprint density at radius 3 is 2.83 bits per heavy atom. The highest BCUT2D eigenvalue weighted by atomic mass is 32.2. The van der Waals surface area contributed by atoms with Gasteiger partial charge in [-0.25, -0.2) is 17.9 Å². The van der Waals surface area contributed by atoms with Crippen molar-refractivity contribution in [3.63, 3.8) is 0 Å². The van der Waals surface area contributed by atoms with Crippen molar-refractivity contribution in [2.24, 2.45) is 5.41 Å². The van der Waals surface area contributed by atoms with Crippen LogP contribution in [0.15, 0.2) is 29.2 Å². The van der Waals surface area contributed by atoms with Crippen LogP contribution in [0.3, 0.4) is 0 Å². The minimum absolute atomic E-state index is 0.170. The molecule has 3 atom stereocenters. The lowest BCUT2D eigenvalue weighted by Gasteiger charge is -2.61. The van der Waals surface area contributed by atoms with Crippen LogP contribution in [0.2, 0.25) is 0 Å². The predicted octanol–water partition coefficient (Wildman–Crippen LogP) is 3.09. The van der Waals surface area contributed by atoms with Crippen LogP contribution in [-0.2, 0) is 30.7 Å². The first-order chi connectivity index (χ1) is 16.7. The van der Waals surface area contributed by atoms with E-state index in [-0.39, 0.29) is 22.1 Å². The molecule has 0 radical (unpaired) electrons. The van der Waals surface area contributed by atoms with Crippen LogP contribution in [0.1, 0.15) is 49.9 Å². The summed E-state index contributed by atoms with van der Waals surface area (Å²) >= 11 is 0. The number of hydrogen-bond acceptors (Lipinski definition) is 6. The monoisotopic (exact) mass is 503 g/mol. The van der Waals surface area contributed by atoms with E-state index >= 15 is 0 Å². The lowest BCUT2D eigenvalue weighted by Crippen LogP contribution is -2.60. The van der Waals surface area contributed by atoms with Crippen LogP contribution in [0.5, 0.6) is 0 Å². The largest absolute Gasteiger partial charge is 0.632 e. The summed E-state index contributed by atoms with van der Waals surface area (Å²) in [5.74, 6) is -0.451. The number of hydroxylamine groups is 3. The number of methoxy groups -OCH3 is 2. The Bertz CT molecular complexity index is 1320. The summed E-state index contributed by atoms with van der Waals surface area (Å²) in [7, 11) is -0.779. The Kier molecular flexibility index (Phi) is 6.08. The number of aromatic nitrogens is 1. The predicted molar refractivity (Wildman–Crippen MR) is 132 cm³/mol. The zero-order valence-corrected chi connectivity index (χ0v) is 21.3. The highest BCUT2D eigenvalue weighted by Gasteiger charge is 2.56. The van der Waals surface area contributed by atoms with Gasteiger partial charge in [0.15, 0.2) is 0 Å². The average Bonchev–Trinajstić information content (AvgIpc) is 3.18. The van der Waals surface area contributed by atoms with Crippen LogP contribution in [0, 0.1) is 10.6 Å². The number of esters is 1. The third kappa shape index (κ3) is 3.65. The number of benzene rings is 1. The number of rotatable bonds is 8. The molecule has 0 aliphatic carbocycles. The van der Waals surface area contributed by atoms with Crippen molar-refractivity contribution in [2.75, 3.05) is 40.5 Å². The Labute approximate surface area is 205 Å². The fourth-order valence-electron chi connectivity index (χ4n) is 6.50. The standard InChI is InChI=1S/C25H33N3O6S/c1-4-25-10-5-12-28(30)13-9-18-19-15-17(35(31,32)26-11-6-14-33-2)7-8-20(19)27(22(18)23(25)28)21(16-25)24(29)34-3/h7-8,15-16,23,26H,4-6,9-14H2,1-3H3/t23-,25+,28?/m1/s1. The minimum atomic E-state index is -3.72. The van der Waals surface area contributed by atoms with Gasteiger partial charge in [0.2, 0.25) is 10.0 Å². The highest BCUT2D eigenvalue weighted by molar-refractivity contribution is 7.89. The van der Waals surface area contributed by atoms with Gasteiger partial charge in [-0.1, -0.05) is 6.92 Å². The zero-order valence-electron chi connectivity index (χ0n) is 20.5. The van der Waals surface area contributed by atoms with Crippen molar-refractivity contribution < 1.29 is 27.3 Å². The normalized spacial score (nSPS) is 27.4. The van der Waals surface area contributed by atoms with Crippen molar-refractivity contribution in [1.29, 1.82) is 0 Å². The number of sulfonamides is 1. The van der Waals surface area contributed by atoms with Gasteiger partial charge in [0.1, 0.15) is 11.7 Å². The molecule has 0 bridgehead atoms. The van der Waals surface area contributed by atoms with Crippen molar-refractivity contribution >= 4 is 32.6 Å². The molecule has 1 fully saturated rings. The first-order valence-electron chi connectivity index (χ1n) is 12.3. The molecule has 3 aliphatic rings. The van der Waals surface area contributed by atoms with E-state index in [1.807, 2.05) is 10.6 Å². The number of quaternary nitrogens is 1. The number of carbonyl (C=O) groups excluding carboxylic acids is 1. The van der Waals surface area contributed by atoms with E-state index in [1.54, 1.807) is 25.3 Å². The molecule has 2 aromatic rings. The van der Waals surface area contributed by atoms with Crippen molar-refractivity contribution in [3.05, 3.63) is 40.7 Å². The number of nitrogens with zero attached hydrogens (tertiary/aromatic N) is 2. The van der Waals surface area contributed by atoms with E-state index < -0.39 is 21.4 Å². The van der Waals surface area contributed by atoms with Gasteiger partial charge in [-0.05, 0) is 55.5 Å². The van der Waals surface area contributed by atoms with Crippen molar-refractivity contribution in [1.82, 2.24) is 9.29 Å². The third-order valence-corrected chi connectivity index (χ3v) is 9.58. The molecular formula is C25H33N3O6S. The second-order valence-corrected chi connectivity index (χ2v) is 11.7. The van der Waals surface area contributed by atoms with Crippen molar-refractivity contribution in [2.45, 2.75) is 50.0 Å². The quantitative estimate of drug-likeness (QED) is 0.257. The topological polar surface area (TPSA) is 110 Å². The number of hydrogen-bond donors (Lipinski definition) is 1. The molecule has 1 saturated heterocycles. The fraction of sp³-hybridized carbons (Fsp3) is 0.560.